The van der Waals surface area contributed by atoms with Crippen LogP contribution in [0.1, 0.15) is 18.1 Å². The van der Waals surface area contributed by atoms with E-state index < -0.39 is 18.0 Å². The molecular weight excluding hydrogens is 272 g/mol. The standard InChI is InChI=1S/C14H20N4O3/c1-3-21-14(20)18(2)13(19)12(15)8-10-5-4-6-11(7-10)9-17-16/h4-7,9,12H,3,8,15-16H2,1-2H3/t12-/m0/s1. The average Bonchev–Trinajstić information content (AvgIpc) is 2.46. The molecule has 1 atom stereocenters. The summed E-state index contributed by atoms with van der Waals surface area (Å²) in [5, 5.41) is 3.44. The first-order chi connectivity index (χ1) is 9.99. The number of nitrogens with two attached hydrogens (primary N) is 2. The Labute approximate surface area is 123 Å². The maximum absolute atomic E-state index is 12.0. The lowest BCUT2D eigenvalue weighted by Crippen LogP contribution is -2.45. The topological polar surface area (TPSA) is 111 Å². The molecular formula is C14H20N4O3. The van der Waals surface area contributed by atoms with Gasteiger partial charge in [0.2, 0.25) is 5.91 Å². The van der Waals surface area contributed by atoms with Crippen molar-refractivity contribution in [2.75, 3.05) is 13.7 Å². The first-order valence-electron chi connectivity index (χ1n) is 6.51. The number of benzene rings is 1. The van der Waals surface area contributed by atoms with E-state index in [1.54, 1.807) is 6.92 Å². The lowest BCUT2D eigenvalue weighted by molar-refractivity contribution is -0.129. The van der Waals surface area contributed by atoms with Gasteiger partial charge >= 0.3 is 6.09 Å². The summed E-state index contributed by atoms with van der Waals surface area (Å²) in [6, 6.07) is 6.49. The van der Waals surface area contributed by atoms with E-state index in [0.29, 0.717) is 6.42 Å². The number of hydrazone groups is 1. The molecule has 0 aromatic heterocycles. The molecule has 0 spiro atoms. The summed E-state index contributed by atoms with van der Waals surface area (Å²) in [5.41, 5.74) is 7.52. The average molecular weight is 292 g/mol. The molecule has 21 heavy (non-hydrogen) atoms. The first-order valence-corrected chi connectivity index (χ1v) is 6.51. The minimum atomic E-state index is -0.829. The summed E-state index contributed by atoms with van der Waals surface area (Å²) in [6.07, 6.45) is 1.10. The smallest absolute Gasteiger partial charge is 0.416 e. The molecule has 0 radical (unpaired) electrons. The molecule has 0 fully saturated rings. The van der Waals surface area contributed by atoms with Crippen molar-refractivity contribution >= 4 is 18.2 Å². The highest BCUT2D eigenvalue weighted by Crippen LogP contribution is 2.07. The molecule has 7 nitrogen and oxygen atoms in total. The fraction of sp³-hybridized carbons (Fsp3) is 0.357. The monoisotopic (exact) mass is 292 g/mol. The van der Waals surface area contributed by atoms with Gasteiger partial charge < -0.3 is 16.3 Å². The van der Waals surface area contributed by atoms with Gasteiger partial charge in [0, 0.05) is 7.05 Å². The summed E-state index contributed by atoms with van der Waals surface area (Å²) in [5.74, 6) is 4.60. The molecule has 4 N–H and O–H groups in total. The predicted octanol–water partition coefficient (Wildman–Crippen LogP) is 0.464. The van der Waals surface area contributed by atoms with Crippen molar-refractivity contribution in [1.82, 2.24) is 4.90 Å². The number of hydrogen-bond acceptors (Lipinski definition) is 6. The molecule has 0 saturated heterocycles. The van der Waals surface area contributed by atoms with Crippen LogP contribution in [0, 0.1) is 0 Å². The van der Waals surface area contributed by atoms with E-state index in [9.17, 15) is 9.59 Å². The Bertz CT molecular complexity index is 531. The number of hydrogen-bond donors (Lipinski definition) is 2. The SMILES string of the molecule is CCOC(=O)N(C)C(=O)[C@@H](N)Cc1cccc(C=NN)c1. The molecule has 114 valence electrons. The number of likely N-dealkylation sites (N-methyl/N-ethyl adjacent to an activating group) is 1. The Morgan fingerprint density at radius 2 is 2.19 bits per heavy atom. The second kappa shape index (κ2) is 8.01. The zero-order chi connectivity index (χ0) is 15.8. The number of amides is 2. The van der Waals surface area contributed by atoms with E-state index >= 15 is 0 Å². The summed E-state index contributed by atoms with van der Waals surface area (Å²) >= 11 is 0. The molecule has 1 aromatic rings. The number of carbonyl (C=O) groups excluding carboxylic acids is 2. The van der Waals surface area contributed by atoms with Gasteiger partial charge in [-0.05, 0) is 24.5 Å². The minimum absolute atomic E-state index is 0.201. The summed E-state index contributed by atoms with van der Waals surface area (Å²) < 4.78 is 4.76. The molecule has 0 unspecified atom stereocenters. The lowest BCUT2D eigenvalue weighted by atomic mass is 10.0. The van der Waals surface area contributed by atoms with Gasteiger partial charge in [0.05, 0.1) is 18.9 Å². The molecule has 1 aromatic carbocycles. The van der Waals surface area contributed by atoms with Crippen molar-refractivity contribution in [3.05, 3.63) is 35.4 Å². The van der Waals surface area contributed by atoms with Crippen LogP contribution in [0.4, 0.5) is 4.79 Å². The Hall–Kier alpha value is -2.41. The Balaban J connectivity index is 2.71. The van der Waals surface area contributed by atoms with Crippen molar-refractivity contribution in [3.8, 4) is 0 Å². The Kier molecular flexibility index (Phi) is 6.35. The number of rotatable bonds is 5. The third-order valence-corrected chi connectivity index (χ3v) is 2.82. The van der Waals surface area contributed by atoms with Crippen LogP contribution in [0.25, 0.3) is 0 Å². The van der Waals surface area contributed by atoms with Crippen LogP contribution in [0.5, 0.6) is 0 Å². The van der Waals surface area contributed by atoms with Gasteiger partial charge in [-0.3, -0.25) is 4.79 Å². The third-order valence-electron chi connectivity index (χ3n) is 2.82. The molecule has 0 aliphatic rings. The van der Waals surface area contributed by atoms with Crippen molar-refractivity contribution in [3.63, 3.8) is 0 Å². The Morgan fingerprint density at radius 3 is 2.81 bits per heavy atom. The van der Waals surface area contributed by atoms with Gasteiger partial charge in [-0.15, -0.1) is 0 Å². The molecule has 1 rings (SSSR count). The highest BCUT2D eigenvalue weighted by molar-refractivity contribution is 5.94. The molecule has 0 aliphatic heterocycles. The molecule has 0 aliphatic carbocycles. The highest BCUT2D eigenvalue weighted by atomic mass is 16.6. The van der Waals surface area contributed by atoms with Crippen molar-refractivity contribution in [2.24, 2.45) is 16.7 Å². The van der Waals surface area contributed by atoms with E-state index in [1.165, 1.54) is 13.3 Å². The second-order valence-electron chi connectivity index (χ2n) is 4.43. The largest absolute Gasteiger partial charge is 0.449 e. The van der Waals surface area contributed by atoms with E-state index in [0.717, 1.165) is 16.0 Å². The van der Waals surface area contributed by atoms with Crippen LogP contribution < -0.4 is 11.6 Å². The third kappa shape index (κ3) is 4.88. The van der Waals surface area contributed by atoms with E-state index in [-0.39, 0.29) is 6.61 Å². The molecule has 2 amide bonds. The fourth-order valence-electron chi connectivity index (χ4n) is 1.79. The molecule has 0 heterocycles. The molecule has 0 bridgehead atoms. The maximum Gasteiger partial charge on any atom is 0.416 e. The minimum Gasteiger partial charge on any atom is -0.449 e. The maximum atomic E-state index is 12.0. The zero-order valence-electron chi connectivity index (χ0n) is 12.2. The predicted molar refractivity (Wildman–Crippen MR) is 79.7 cm³/mol. The van der Waals surface area contributed by atoms with Crippen LogP contribution in [0.3, 0.4) is 0 Å². The van der Waals surface area contributed by atoms with Gasteiger partial charge in [-0.1, -0.05) is 24.3 Å². The van der Waals surface area contributed by atoms with Crippen molar-refractivity contribution < 1.29 is 14.3 Å². The van der Waals surface area contributed by atoms with Crippen molar-refractivity contribution in [1.29, 1.82) is 0 Å². The van der Waals surface area contributed by atoms with Crippen LogP contribution in [-0.2, 0) is 16.0 Å². The zero-order valence-corrected chi connectivity index (χ0v) is 12.2. The summed E-state index contributed by atoms with van der Waals surface area (Å²) in [4.78, 5) is 24.4. The van der Waals surface area contributed by atoms with Gasteiger partial charge in [-0.2, -0.15) is 5.10 Å². The van der Waals surface area contributed by atoms with Gasteiger partial charge in [0.15, 0.2) is 0 Å². The Morgan fingerprint density at radius 1 is 1.48 bits per heavy atom. The number of carbonyl (C=O) groups is 2. The van der Waals surface area contributed by atoms with Crippen LogP contribution in [-0.4, -0.2) is 42.8 Å². The summed E-state index contributed by atoms with van der Waals surface area (Å²) in [6.45, 7) is 1.87. The van der Waals surface area contributed by atoms with Crippen molar-refractivity contribution in [2.45, 2.75) is 19.4 Å². The number of nitrogens with zero attached hydrogens (tertiary/aromatic N) is 2. The number of ether oxygens (including phenoxy) is 1. The van der Waals surface area contributed by atoms with Crippen LogP contribution >= 0.6 is 0 Å². The fourth-order valence-corrected chi connectivity index (χ4v) is 1.79. The molecule has 7 heteroatoms. The van der Waals surface area contributed by atoms with Gasteiger partial charge in [-0.25, -0.2) is 9.69 Å². The van der Waals surface area contributed by atoms with E-state index in [1.807, 2.05) is 24.3 Å². The second-order valence-corrected chi connectivity index (χ2v) is 4.43. The van der Waals surface area contributed by atoms with E-state index in [2.05, 4.69) is 5.10 Å². The van der Waals surface area contributed by atoms with Gasteiger partial charge in [0.25, 0.3) is 0 Å². The lowest BCUT2D eigenvalue weighted by Gasteiger charge is -2.19. The van der Waals surface area contributed by atoms with Crippen LogP contribution in [0.2, 0.25) is 0 Å². The number of imide groups is 1. The van der Waals surface area contributed by atoms with Crippen LogP contribution in [0.15, 0.2) is 29.4 Å². The normalized spacial score (nSPS) is 12.1. The van der Waals surface area contributed by atoms with Gasteiger partial charge in [0.1, 0.15) is 0 Å². The quantitative estimate of drug-likeness (QED) is 0.465. The highest BCUT2D eigenvalue weighted by Gasteiger charge is 2.24. The summed E-state index contributed by atoms with van der Waals surface area (Å²) in [7, 11) is 1.34. The van der Waals surface area contributed by atoms with E-state index in [4.69, 9.17) is 16.3 Å². The molecule has 0 saturated carbocycles. The first kappa shape index (κ1) is 16.6.